The van der Waals surface area contributed by atoms with E-state index in [2.05, 4.69) is 10.3 Å². The van der Waals surface area contributed by atoms with E-state index in [-0.39, 0.29) is 17.6 Å². The van der Waals surface area contributed by atoms with Crippen LogP contribution in [0.1, 0.15) is 13.3 Å². The van der Waals surface area contributed by atoms with Gasteiger partial charge >= 0.3 is 0 Å². The van der Waals surface area contributed by atoms with Crippen LogP contribution in [0.4, 0.5) is 10.4 Å². The van der Waals surface area contributed by atoms with Gasteiger partial charge in [-0.05, 0) is 19.1 Å². The highest BCUT2D eigenvalue weighted by Crippen LogP contribution is 2.21. The van der Waals surface area contributed by atoms with Gasteiger partial charge in [0.15, 0.2) is 11.4 Å². The Bertz CT molecular complexity index is 544. The van der Waals surface area contributed by atoms with Gasteiger partial charge in [0.1, 0.15) is 5.52 Å². The van der Waals surface area contributed by atoms with Gasteiger partial charge in [0.25, 0.3) is 6.01 Å². The summed E-state index contributed by atoms with van der Waals surface area (Å²) in [5.74, 6) is -0.415. The third kappa shape index (κ3) is 1.96. The second-order valence-electron chi connectivity index (χ2n) is 3.51. The highest BCUT2D eigenvalue weighted by Gasteiger charge is 2.11. The number of rotatable bonds is 3. The molecule has 0 aliphatic carbocycles. The maximum atomic E-state index is 13.3. The molecule has 0 aliphatic heterocycles. The number of halogens is 1. The lowest BCUT2D eigenvalue weighted by Gasteiger charge is -2.05. The van der Waals surface area contributed by atoms with Crippen molar-refractivity contribution < 1.29 is 8.81 Å². The summed E-state index contributed by atoms with van der Waals surface area (Å²) >= 11 is 0. The molecule has 1 aromatic heterocycles. The fourth-order valence-corrected chi connectivity index (χ4v) is 1.38. The Morgan fingerprint density at radius 2 is 2.44 bits per heavy atom. The first-order chi connectivity index (χ1) is 7.70. The monoisotopic (exact) mass is 219 g/mol. The van der Waals surface area contributed by atoms with Gasteiger partial charge in [0.2, 0.25) is 0 Å². The SMILES string of the molecule is CC(CC#N)Nc1nc2c(F)cccc2o1. The maximum absolute atomic E-state index is 13.3. The molecule has 0 saturated carbocycles. The van der Waals surface area contributed by atoms with Gasteiger partial charge in [0.05, 0.1) is 12.5 Å². The molecular formula is C11H10FN3O. The van der Waals surface area contributed by atoms with Crippen LogP contribution in [0, 0.1) is 17.1 Å². The number of fused-ring (bicyclic) bond motifs is 1. The number of anilines is 1. The number of nitrogens with one attached hydrogen (secondary N) is 1. The molecule has 2 rings (SSSR count). The topological polar surface area (TPSA) is 61.9 Å². The normalized spacial score (nSPS) is 12.3. The summed E-state index contributed by atoms with van der Waals surface area (Å²) < 4.78 is 18.6. The number of oxazole rings is 1. The van der Waals surface area contributed by atoms with E-state index in [1.165, 1.54) is 6.07 Å². The third-order valence-electron chi connectivity index (χ3n) is 2.14. The average Bonchev–Trinajstić information content (AvgIpc) is 2.62. The zero-order valence-corrected chi connectivity index (χ0v) is 8.70. The Balaban J connectivity index is 2.27. The van der Waals surface area contributed by atoms with Crippen molar-refractivity contribution in [2.24, 2.45) is 0 Å². The molecule has 16 heavy (non-hydrogen) atoms. The third-order valence-corrected chi connectivity index (χ3v) is 2.14. The molecule has 0 saturated heterocycles. The van der Waals surface area contributed by atoms with E-state index in [0.717, 1.165) is 0 Å². The van der Waals surface area contributed by atoms with E-state index in [1.54, 1.807) is 12.1 Å². The van der Waals surface area contributed by atoms with Gasteiger partial charge in [-0.1, -0.05) is 6.07 Å². The molecule has 2 aromatic rings. The summed E-state index contributed by atoms with van der Waals surface area (Å²) in [6.07, 6.45) is 0.335. The minimum absolute atomic E-state index is 0.0823. The lowest BCUT2D eigenvalue weighted by molar-refractivity contribution is 0.600. The van der Waals surface area contributed by atoms with Gasteiger partial charge < -0.3 is 9.73 Å². The quantitative estimate of drug-likeness (QED) is 0.862. The number of nitrogens with zero attached hydrogens (tertiary/aromatic N) is 2. The standard InChI is InChI=1S/C11H10FN3O/c1-7(5-6-13)14-11-15-10-8(12)3-2-4-9(10)16-11/h2-4,7H,5H2,1H3,(H,14,15). The van der Waals surface area contributed by atoms with Crippen molar-refractivity contribution in [1.82, 2.24) is 4.98 Å². The van der Waals surface area contributed by atoms with Gasteiger partial charge in [-0.2, -0.15) is 10.2 Å². The summed E-state index contributed by atoms with van der Waals surface area (Å²) in [6.45, 7) is 1.83. The zero-order chi connectivity index (χ0) is 11.5. The summed E-state index contributed by atoms with van der Waals surface area (Å²) in [5.41, 5.74) is 0.598. The Labute approximate surface area is 91.7 Å². The molecule has 4 nitrogen and oxygen atoms in total. The van der Waals surface area contributed by atoms with Crippen LogP contribution in [0.15, 0.2) is 22.6 Å². The van der Waals surface area contributed by atoms with Crippen molar-refractivity contribution in [3.05, 3.63) is 24.0 Å². The summed E-state index contributed by atoms with van der Waals surface area (Å²) in [4.78, 5) is 3.97. The summed E-state index contributed by atoms with van der Waals surface area (Å²) in [5, 5.41) is 11.4. The molecule has 1 atom stereocenters. The lowest BCUT2D eigenvalue weighted by Crippen LogP contribution is -2.13. The molecule has 1 N–H and O–H groups in total. The molecule has 0 spiro atoms. The minimum atomic E-state index is -0.415. The van der Waals surface area contributed by atoms with Crippen molar-refractivity contribution in [2.75, 3.05) is 5.32 Å². The van der Waals surface area contributed by atoms with Crippen LogP contribution in [0.3, 0.4) is 0 Å². The Hall–Kier alpha value is -2.09. The van der Waals surface area contributed by atoms with Crippen LogP contribution in [0.25, 0.3) is 11.1 Å². The molecule has 1 unspecified atom stereocenters. The molecule has 0 amide bonds. The van der Waals surface area contributed by atoms with Crippen molar-refractivity contribution >= 4 is 17.1 Å². The smallest absolute Gasteiger partial charge is 0.296 e. The van der Waals surface area contributed by atoms with Crippen LogP contribution >= 0.6 is 0 Å². The number of nitriles is 1. The van der Waals surface area contributed by atoms with Crippen molar-refractivity contribution in [3.8, 4) is 6.07 Å². The zero-order valence-electron chi connectivity index (χ0n) is 8.70. The molecular weight excluding hydrogens is 209 g/mol. The first-order valence-corrected chi connectivity index (χ1v) is 4.89. The Kier molecular flexibility index (Phi) is 2.73. The van der Waals surface area contributed by atoms with E-state index in [0.29, 0.717) is 12.0 Å². The van der Waals surface area contributed by atoms with Gasteiger partial charge in [-0.15, -0.1) is 0 Å². The first-order valence-electron chi connectivity index (χ1n) is 4.89. The molecule has 0 bridgehead atoms. The fourth-order valence-electron chi connectivity index (χ4n) is 1.38. The van der Waals surface area contributed by atoms with E-state index in [4.69, 9.17) is 9.68 Å². The first kappa shape index (κ1) is 10.4. The highest BCUT2D eigenvalue weighted by molar-refractivity contribution is 5.74. The predicted octanol–water partition coefficient (Wildman–Crippen LogP) is 2.68. The Morgan fingerprint density at radius 1 is 1.62 bits per heavy atom. The average molecular weight is 219 g/mol. The molecule has 82 valence electrons. The van der Waals surface area contributed by atoms with Crippen LogP contribution in [0.5, 0.6) is 0 Å². The number of hydrogen-bond acceptors (Lipinski definition) is 4. The molecule has 1 aromatic carbocycles. The number of benzene rings is 1. The number of aromatic nitrogens is 1. The van der Waals surface area contributed by atoms with E-state index in [1.807, 2.05) is 13.0 Å². The van der Waals surface area contributed by atoms with Crippen LogP contribution in [-0.2, 0) is 0 Å². The van der Waals surface area contributed by atoms with Crippen molar-refractivity contribution in [2.45, 2.75) is 19.4 Å². The van der Waals surface area contributed by atoms with Crippen molar-refractivity contribution in [1.29, 1.82) is 5.26 Å². The Morgan fingerprint density at radius 3 is 3.12 bits per heavy atom. The predicted molar refractivity (Wildman–Crippen MR) is 57.3 cm³/mol. The van der Waals surface area contributed by atoms with Gasteiger partial charge in [-0.3, -0.25) is 0 Å². The largest absolute Gasteiger partial charge is 0.423 e. The van der Waals surface area contributed by atoms with Gasteiger partial charge in [0, 0.05) is 6.04 Å². The maximum Gasteiger partial charge on any atom is 0.296 e. The molecule has 0 radical (unpaired) electrons. The molecule has 1 heterocycles. The number of para-hydroxylation sites is 1. The lowest BCUT2D eigenvalue weighted by atomic mass is 10.3. The van der Waals surface area contributed by atoms with E-state index in [9.17, 15) is 4.39 Å². The second kappa shape index (κ2) is 4.19. The molecule has 5 heteroatoms. The van der Waals surface area contributed by atoms with E-state index >= 15 is 0 Å². The van der Waals surface area contributed by atoms with Crippen molar-refractivity contribution in [3.63, 3.8) is 0 Å². The number of hydrogen-bond donors (Lipinski definition) is 1. The van der Waals surface area contributed by atoms with Gasteiger partial charge in [-0.25, -0.2) is 4.39 Å². The highest BCUT2D eigenvalue weighted by atomic mass is 19.1. The summed E-state index contributed by atoms with van der Waals surface area (Å²) in [6, 6.07) is 6.72. The van der Waals surface area contributed by atoms with E-state index < -0.39 is 5.82 Å². The summed E-state index contributed by atoms with van der Waals surface area (Å²) in [7, 11) is 0. The minimum Gasteiger partial charge on any atom is -0.423 e. The van der Waals surface area contributed by atoms with Crippen LogP contribution in [0.2, 0.25) is 0 Å². The molecule has 0 aliphatic rings. The van der Waals surface area contributed by atoms with Crippen LogP contribution < -0.4 is 5.32 Å². The van der Waals surface area contributed by atoms with Crippen LogP contribution in [-0.4, -0.2) is 11.0 Å². The fraction of sp³-hybridized carbons (Fsp3) is 0.273. The second-order valence-corrected chi connectivity index (χ2v) is 3.51. The molecule has 0 fully saturated rings.